The van der Waals surface area contributed by atoms with Gasteiger partial charge >= 0.3 is 5.97 Å². The van der Waals surface area contributed by atoms with Crippen LogP contribution in [0.5, 0.6) is 5.75 Å². The number of carbonyl (C=O) groups excluding carboxylic acids is 2. The van der Waals surface area contributed by atoms with Gasteiger partial charge in [-0.25, -0.2) is 4.68 Å². The number of aromatic nitrogens is 3. The van der Waals surface area contributed by atoms with Gasteiger partial charge in [0.05, 0.1) is 12.8 Å². The predicted octanol–water partition coefficient (Wildman–Crippen LogP) is 0.859. The van der Waals surface area contributed by atoms with E-state index in [9.17, 15) is 9.59 Å². The van der Waals surface area contributed by atoms with Crippen LogP contribution < -0.4 is 10.1 Å². The van der Waals surface area contributed by atoms with Crippen molar-refractivity contribution in [1.29, 1.82) is 0 Å². The average Bonchev–Trinajstić information content (AvgIpc) is 2.93. The van der Waals surface area contributed by atoms with Crippen molar-refractivity contribution in [3.63, 3.8) is 0 Å². The van der Waals surface area contributed by atoms with Crippen molar-refractivity contribution in [3.8, 4) is 5.75 Å². The number of benzene rings is 1. The molecule has 22 heavy (non-hydrogen) atoms. The molecule has 1 N–H and O–H groups in total. The van der Waals surface area contributed by atoms with Gasteiger partial charge in [-0.1, -0.05) is 23.4 Å². The number of carbonyl (C=O) groups is 2. The Morgan fingerprint density at radius 2 is 2.05 bits per heavy atom. The fourth-order valence-corrected chi connectivity index (χ4v) is 1.62. The number of nitrogens with zero attached hydrogens (tertiary/aromatic N) is 3. The molecule has 1 heterocycles. The number of para-hydroxylation sites is 1. The SMILES string of the molecule is CCOC(=O)Cn1cc(NC(=O)COc2ccccc2)nn1. The molecule has 2 rings (SSSR count). The van der Waals surface area contributed by atoms with Crippen molar-refractivity contribution in [2.75, 3.05) is 18.5 Å². The number of hydrogen-bond acceptors (Lipinski definition) is 6. The average molecular weight is 304 g/mol. The van der Waals surface area contributed by atoms with Gasteiger partial charge in [-0.15, -0.1) is 5.10 Å². The number of ether oxygens (including phenoxy) is 2. The van der Waals surface area contributed by atoms with Crippen LogP contribution in [-0.2, 0) is 20.9 Å². The second-order valence-electron chi connectivity index (χ2n) is 4.26. The molecule has 8 heteroatoms. The van der Waals surface area contributed by atoms with E-state index in [1.54, 1.807) is 19.1 Å². The Kier molecular flexibility index (Phi) is 5.47. The molecule has 2 aromatic rings. The highest BCUT2D eigenvalue weighted by Crippen LogP contribution is 2.08. The Morgan fingerprint density at radius 1 is 1.27 bits per heavy atom. The van der Waals surface area contributed by atoms with Crippen LogP contribution in [-0.4, -0.2) is 40.1 Å². The quantitative estimate of drug-likeness (QED) is 0.762. The topological polar surface area (TPSA) is 95.3 Å². The van der Waals surface area contributed by atoms with Crippen LogP contribution in [0.2, 0.25) is 0 Å². The summed E-state index contributed by atoms with van der Waals surface area (Å²) in [6.07, 6.45) is 1.44. The number of esters is 1. The van der Waals surface area contributed by atoms with Crippen molar-refractivity contribution in [3.05, 3.63) is 36.5 Å². The first kappa shape index (κ1) is 15.5. The van der Waals surface area contributed by atoms with E-state index < -0.39 is 5.97 Å². The summed E-state index contributed by atoms with van der Waals surface area (Å²) in [6.45, 7) is 1.82. The Morgan fingerprint density at radius 3 is 2.77 bits per heavy atom. The predicted molar refractivity (Wildman–Crippen MR) is 77.2 cm³/mol. The zero-order valence-electron chi connectivity index (χ0n) is 12.1. The maximum absolute atomic E-state index is 11.7. The minimum Gasteiger partial charge on any atom is -0.484 e. The fraction of sp³-hybridized carbons (Fsp3) is 0.286. The molecule has 0 unspecified atom stereocenters. The van der Waals surface area contributed by atoms with Gasteiger partial charge < -0.3 is 14.8 Å². The molecule has 0 saturated heterocycles. The molecule has 116 valence electrons. The highest BCUT2D eigenvalue weighted by Gasteiger charge is 2.09. The summed E-state index contributed by atoms with van der Waals surface area (Å²) in [5, 5.41) is 9.99. The lowest BCUT2D eigenvalue weighted by Crippen LogP contribution is -2.20. The van der Waals surface area contributed by atoms with Crippen LogP contribution in [0.1, 0.15) is 6.92 Å². The Balaban J connectivity index is 1.79. The molecular weight excluding hydrogens is 288 g/mol. The zero-order valence-corrected chi connectivity index (χ0v) is 12.1. The van der Waals surface area contributed by atoms with Crippen molar-refractivity contribution in [2.24, 2.45) is 0 Å². The van der Waals surface area contributed by atoms with E-state index in [1.165, 1.54) is 10.9 Å². The molecule has 1 aromatic heterocycles. The van der Waals surface area contributed by atoms with Gasteiger partial charge in [0, 0.05) is 0 Å². The minimum atomic E-state index is -0.419. The second kappa shape index (κ2) is 7.77. The van der Waals surface area contributed by atoms with E-state index in [0.29, 0.717) is 12.4 Å². The van der Waals surface area contributed by atoms with E-state index in [4.69, 9.17) is 9.47 Å². The summed E-state index contributed by atoms with van der Waals surface area (Å²) in [6, 6.07) is 8.99. The number of anilines is 1. The molecule has 0 atom stereocenters. The maximum atomic E-state index is 11.7. The molecule has 0 spiro atoms. The van der Waals surface area contributed by atoms with Gasteiger partial charge in [0.1, 0.15) is 12.3 Å². The highest BCUT2D eigenvalue weighted by molar-refractivity contribution is 5.90. The van der Waals surface area contributed by atoms with Gasteiger partial charge in [0.25, 0.3) is 5.91 Å². The van der Waals surface area contributed by atoms with Gasteiger partial charge in [-0.05, 0) is 19.1 Å². The number of nitrogens with one attached hydrogen (secondary N) is 1. The summed E-state index contributed by atoms with van der Waals surface area (Å²) in [5.74, 6) is 0.0549. The smallest absolute Gasteiger partial charge is 0.327 e. The van der Waals surface area contributed by atoms with E-state index in [-0.39, 0.29) is 24.9 Å². The first-order valence-corrected chi connectivity index (χ1v) is 6.71. The van der Waals surface area contributed by atoms with E-state index in [0.717, 1.165) is 0 Å². The summed E-state index contributed by atoms with van der Waals surface area (Å²) in [5.41, 5.74) is 0. The van der Waals surface area contributed by atoms with Gasteiger partial charge in [-0.3, -0.25) is 9.59 Å². The fourth-order valence-electron chi connectivity index (χ4n) is 1.62. The summed E-state index contributed by atoms with van der Waals surface area (Å²) >= 11 is 0. The molecular formula is C14H16N4O4. The van der Waals surface area contributed by atoms with Crippen LogP contribution in [0.3, 0.4) is 0 Å². The van der Waals surface area contributed by atoms with E-state index >= 15 is 0 Å². The van der Waals surface area contributed by atoms with Gasteiger partial charge in [0.2, 0.25) is 0 Å². The van der Waals surface area contributed by atoms with E-state index in [1.807, 2.05) is 18.2 Å². The standard InChI is InChI=1S/C14H16N4O4/c1-2-21-14(20)9-18-8-12(16-17-18)15-13(19)10-22-11-6-4-3-5-7-11/h3-8H,2,9-10H2,1H3,(H,15,19). The summed E-state index contributed by atoms with van der Waals surface area (Å²) in [4.78, 5) is 23.0. The van der Waals surface area contributed by atoms with Crippen LogP contribution in [0, 0.1) is 0 Å². The van der Waals surface area contributed by atoms with Gasteiger partial charge in [-0.2, -0.15) is 0 Å². The first-order valence-electron chi connectivity index (χ1n) is 6.71. The zero-order chi connectivity index (χ0) is 15.8. The van der Waals surface area contributed by atoms with Crippen molar-refractivity contribution in [1.82, 2.24) is 15.0 Å². The Labute approximate surface area is 127 Å². The lowest BCUT2D eigenvalue weighted by atomic mass is 10.3. The molecule has 0 radical (unpaired) electrons. The molecule has 0 aliphatic rings. The lowest BCUT2D eigenvalue weighted by Gasteiger charge is -2.05. The molecule has 8 nitrogen and oxygen atoms in total. The number of rotatable bonds is 7. The van der Waals surface area contributed by atoms with Crippen LogP contribution in [0.4, 0.5) is 5.82 Å². The monoisotopic (exact) mass is 304 g/mol. The molecule has 0 fully saturated rings. The Hall–Kier alpha value is -2.90. The van der Waals surface area contributed by atoms with Crippen molar-refractivity contribution < 1.29 is 19.1 Å². The minimum absolute atomic E-state index is 0.0583. The molecule has 0 aliphatic heterocycles. The summed E-state index contributed by atoms with van der Waals surface area (Å²) < 4.78 is 11.4. The maximum Gasteiger partial charge on any atom is 0.327 e. The van der Waals surface area contributed by atoms with Crippen molar-refractivity contribution >= 4 is 17.7 Å². The molecule has 0 aliphatic carbocycles. The van der Waals surface area contributed by atoms with Crippen LogP contribution in [0.25, 0.3) is 0 Å². The third kappa shape index (κ3) is 4.89. The molecule has 1 aromatic carbocycles. The second-order valence-corrected chi connectivity index (χ2v) is 4.26. The number of hydrogen-bond donors (Lipinski definition) is 1. The van der Waals surface area contributed by atoms with E-state index in [2.05, 4.69) is 15.6 Å². The van der Waals surface area contributed by atoms with Crippen LogP contribution in [0.15, 0.2) is 36.5 Å². The first-order chi connectivity index (χ1) is 10.7. The largest absolute Gasteiger partial charge is 0.484 e. The van der Waals surface area contributed by atoms with Gasteiger partial charge in [0.15, 0.2) is 12.4 Å². The third-order valence-electron chi connectivity index (χ3n) is 2.52. The Bertz CT molecular complexity index is 627. The van der Waals surface area contributed by atoms with Crippen LogP contribution >= 0.6 is 0 Å². The third-order valence-corrected chi connectivity index (χ3v) is 2.52. The normalized spacial score (nSPS) is 10.0. The molecule has 0 bridgehead atoms. The highest BCUT2D eigenvalue weighted by atomic mass is 16.5. The molecule has 1 amide bonds. The number of amides is 1. The molecule has 0 saturated carbocycles. The summed E-state index contributed by atoms with van der Waals surface area (Å²) in [7, 11) is 0. The lowest BCUT2D eigenvalue weighted by molar-refractivity contribution is -0.144. The van der Waals surface area contributed by atoms with Crippen molar-refractivity contribution in [2.45, 2.75) is 13.5 Å².